The van der Waals surface area contributed by atoms with Crippen LogP contribution in [0.1, 0.15) is 28.8 Å². The molecule has 34 heavy (non-hydrogen) atoms. The van der Waals surface area contributed by atoms with Crippen LogP contribution in [-0.4, -0.2) is 50.8 Å². The van der Waals surface area contributed by atoms with Crippen molar-refractivity contribution in [2.24, 2.45) is 11.8 Å². The molecule has 2 N–H and O–H groups in total. The number of amides is 2. The van der Waals surface area contributed by atoms with E-state index in [2.05, 4.69) is 26.3 Å². The molecule has 3 heterocycles. The molecule has 2 fully saturated rings. The first-order valence-electron chi connectivity index (χ1n) is 10.8. The van der Waals surface area contributed by atoms with Crippen molar-refractivity contribution in [2.75, 3.05) is 13.1 Å². The van der Waals surface area contributed by atoms with E-state index in [0.717, 1.165) is 25.0 Å². The topological polar surface area (TPSA) is 115 Å². The zero-order chi connectivity index (χ0) is 24.0. The summed E-state index contributed by atoms with van der Waals surface area (Å²) in [6.07, 6.45) is 0.0759. The molecule has 1 aromatic carbocycles. The summed E-state index contributed by atoms with van der Waals surface area (Å²) in [6.45, 7) is 0.729. The maximum atomic E-state index is 13.1. The van der Waals surface area contributed by atoms with Crippen molar-refractivity contribution < 1.29 is 22.8 Å². The summed E-state index contributed by atoms with van der Waals surface area (Å²) >= 11 is 0. The Labute approximate surface area is 191 Å². The van der Waals surface area contributed by atoms with E-state index >= 15 is 0 Å². The SMILES string of the molecule is N#CC1CN(C(=O)C(NC(=O)c2c[nH]c3ncc(-c4ccc(C(F)(F)F)cc4)nc23)C2CC2)C1. The van der Waals surface area contributed by atoms with Crippen molar-refractivity contribution in [3.05, 3.63) is 47.8 Å². The largest absolute Gasteiger partial charge is 0.416 e. The van der Waals surface area contributed by atoms with Crippen LogP contribution in [0.3, 0.4) is 0 Å². The summed E-state index contributed by atoms with van der Waals surface area (Å²) in [7, 11) is 0. The number of aromatic nitrogens is 3. The van der Waals surface area contributed by atoms with Crippen LogP contribution in [0.4, 0.5) is 13.2 Å². The number of nitrogens with zero attached hydrogens (tertiary/aromatic N) is 4. The molecule has 0 bridgehead atoms. The standard InChI is InChI=1S/C23H19F3N6O2/c24-23(25,26)15-5-3-13(4-6-15)17-9-29-20-19(30-17)16(8-28-20)21(33)31-18(14-1-2-14)22(34)32-10-12(7-27)11-32/h3-6,8-9,12,14,18H,1-2,10-11H2,(H,28,29)(H,31,33). The summed E-state index contributed by atoms with van der Waals surface area (Å²) < 4.78 is 38.5. The first-order valence-corrected chi connectivity index (χ1v) is 10.8. The second-order valence-electron chi connectivity index (χ2n) is 8.59. The van der Waals surface area contributed by atoms with Crippen LogP contribution in [0.15, 0.2) is 36.7 Å². The van der Waals surface area contributed by atoms with Crippen LogP contribution in [-0.2, 0) is 11.0 Å². The van der Waals surface area contributed by atoms with E-state index in [-0.39, 0.29) is 28.8 Å². The highest BCUT2D eigenvalue weighted by atomic mass is 19.4. The second-order valence-corrected chi connectivity index (χ2v) is 8.59. The molecule has 174 valence electrons. The van der Waals surface area contributed by atoms with Gasteiger partial charge in [0, 0.05) is 24.8 Å². The minimum atomic E-state index is -4.44. The van der Waals surface area contributed by atoms with Crippen molar-refractivity contribution in [1.29, 1.82) is 5.26 Å². The van der Waals surface area contributed by atoms with Crippen LogP contribution in [0.25, 0.3) is 22.4 Å². The predicted octanol–water partition coefficient (Wildman–Crippen LogP) is 3.13. The molecule has 2 aromatic heterocycles. The number of likely N-dealkylation sites (tertiary alicyclic amines) is 1. The molecule has 1 saturated carbocycles. The quantitative estimate of drug-likeness (QED) is 0.597. The van der Waals surface area contributed by atoms with Crippen LogP contribution in [0.5, 0.6) is 0 Å². The molecule has 2 amide bonds. The summed E-state index contributed by atoms with van der Waals surface area (Å²) in [4.78, 5) is 39.1. The van der Waals surface area contributed by atoms with E-state index in [4.69, 9.17) is 5.26 Å². The third-order valence-corrected chi connectivity index (χ3v) is 6.16. The number of fused-ring (bicyclic) bond motifs is 1. The van der Waals surface area contributed by atoms with Gasteiger partial charge in [-0.05, 0) is 30.9 Å². The summed E-state index contributed by atoms with van der Waals surface area (Å²) in [6, 6.07) is 5.97. The van der Waals surface area contributed by atoms with E-state index < -0.39 is 23.7 Å². The Morgan fingerprint density at radius 1 is 1.21 bits per heavy atom. The number of nitrogens with one attached hydrogen (secondary N) is 2. The molecule has 2 aliphatic rings. The van der Waals surface area contributed by atoms with Gasteiger partial charge in [-0.3, -0.25) is 9.59 Å². The van der Waals surface area contributed by atoms with E-state index in [0.29, 0.717) is 30.0 Å². The minimum Gasteiger partial charge on any atom is -0.344 e. The lowest BCUT2D eigenvalue weighted by Crippen LogP contribution is -2.57. The number of benzene rings is 1. The fourth-order valence-corrected chi connectivity index (χ4v) is 4.00. The number of alkyl halides is 3. The Morgan fingerprint density at radius 2 is 1.91 bits per heavy atom. The molecule has 0 spiro atoms. The Bertz CT molecular complexity index is 1300. The number of nitriles is 1. The van der Waals surface area contributed by atoms with Gasteiger partial charge in [0.15, 0.2) is 5.65 Å². The van der Waals surface area contributed by atoms with Crippen molar-refractivity contribution in [3.63, 3.8) is 0 Å². The van der Waals surface area contributed by atoms with Crippen LogP contribution in [0.2, 0.25) is 0 Å². The highest BCUT2D eigenvalue weighted by Crippen LogP contribution is 2.35. The van der Waals surface area contributed by atoms with Gasteiger partial charge in [-0.2, -0.15) is 18.4 Å². The lowest BCUT2D eigenvalue weighted by molar-refractivity contribution is -0.139. The molecule has 0 radical (unpaired) electrons. The molecule has 11 heteroatoms. The molecule has 1 aliphatic carbocycles. The number of H-pyrrole nitrogens is 1. The normalized spacial score (nSPS) is 17.2. The zero-order valence-electron chi connectivity index (χ0n) is 17.8. The van der Waals surface area contributed by atoms with Gasteiger partial charge in [0.05, 0.1) is 35.0 Å². The van der Waals surface area contributed by atoms with Gasteiger partial charge in [-0.15, -0.1) is 0 Å². The zero-order valence-corrected chi connectivity index (χ0v) is 17.8. The van der Waals surface area contributed by atoms with Crippen LogP contribution in [0, 0.1) is 23.2 Å². The second kappa shape index (κ2) is 8.13. The maximum absolute atomic E-state index is 13.1. The van der Waals surface area contributed by atoms with Gasteiger partial charge in [0.25, 0.3) is 5.91 Å². The molecular formula is C23H19F3N6O2. The number of halogens is 3. The smallest absolute Gasteiger partial charge is 0.344 e. The number of hydrogen-bond donors (Lipinski definition) is 2. The molecule has 5 rings (SSSR count). The summed E-state index contributed by atoms with van der Waals surface area (Å²) in [5.74, 6) is -0.810. The van der Waals surface area contributed by atoms with Gasteiger partial charge in [-0.25, -0.2) is 9.97 Å². The van der Waals surface area contributed by atoms with Crippen LogP contribution < -0.4 is 5.32 Å². The predicted molar refractivity (Wildman–Crippen MR) is 114 cm³/mol. The van der Waals surface area contributed by atoms with Crippen LogP contribution >= 0.6 is 0 Å². The molecule has 1 saturated heterocycles. The lowest BCUT2D eigenvalue weighted by Gasteiger charge is -2.37. The third kappa shape index (κ3) is 4.07. The minimum absolute atomic E-state index is 0.0524. The van der Waals surface area contributed by atoms with Crippen molar-refractivity contribution >= 4 is 23.0 Å². The van der Waals surface area contributed by atoms with E-state index in [1.54, 1.807) is 4.90 Å². The van der Waals surface area contributed by atoms with Gasteiger partial charge >= 0.3 is 6.18 Å². The van der Waals surface area contributed by atoms with Crippen molar-refractivity contribution in [2.45, 2.75) is 25.1 Å². The number of carbonyl (C=O) groups is 2. The van der Waals surface area contributed by atoms with Gasteiger partial charge in [-0.1, -0.05) is 12.1 Å². The Morgan fingerprint density at radius 3 is 2.53 bits per heavy atom. The number of hydrogen-bond acceptors (Lipinski definition) is 5. The van der Waals surface area contributed by atoms with E-state index in [1.165, 1.54) is 24.5 Å². The molecule has 1 atom stereocenters. The molecular weight excluding hydrogens is 449 g/mol. The van der Waals surface area contributed by atoms with Crippen molar-refractivity contribution in [1.82, 2.24) is 25.2 Å². The third-order valence-electron chi connectivity index (χ3n) is 6.16. The first kappa shape index (κ1) is 21.9. The molecule has 8 nitrogen and oxygen atoms in total. The average Bonchev–Trinajstić information content (AvgIpc) is 3.54. The summed E-state index contributed by atoms with van der Waals surface area (Å²) in [5, 5.41) is 11.8. The first-order chi connectivity index (χ1) is 16.2. The fraction of sp³-hybridized carbons (Fsp3) is 0.348. The van der Waals surface area contributed by atoms with E-state index in [1.807, 2.05) is 0 Å². The maximum Gasteiger partial charge on any atom is 0.416 e. The highest BCUT2D eigenvalue weighted by Gasteiger charge is 2.43. The summed E-state index contributed by atoms with van der Waals surface area (Å²) in [5.41, 5.74) is 0.748. The van der Waals surface area contributed by atoms with Gasteiger partial charge < -0.3 is 15.2 Å². The van der Waals surface area contributed by atoms with Gasteiger partial charge in [0.2, 0.25) is 5.91 Å². The Balaban J connectivity index is 1.37. The van der Waals surface area contributed by atoms with Gasteiger partial charge in [0.1, 0.15) is 11.6 Å². The lowest BCUT2D eigenvalue weighted by atomic mass is 9.99. The monoisotopic (exact) mass is 468 g/mol. The Kier molecular flexibility index (Phi) is 5.23. The average molecular weight is 468 g/mol. The molecule has 1 aliphatic heterocycles. The number of rotatable bonds is 5. The molecule has 1 unspecified atom stereocenters. The fourth-order valence-electron chi connectivity index (χ4n) is 4.00. The highest BCUT2D eigenvalue weighted by molar-refractivity contribution is 6.06. The van der Waals surface area contributed by atoms with Crippen molar-refractivity contribution in [3.8, 4) is 17.3 Å². The molecule has 3 aromatic rings. The number of aromatic amines is 1. The number of carbonyl (C=O) groups excluding carboxylic acids is 2. The Hall–Kier alpha value is -3.94. The van der Waals surface area contributed by atoms with E-state index in [9.17, 15) is 22.8 Å².